The van der Waals surface area contributed by atoms with E-state index in [1.54, 1.807) is 37.4 Å². The van der Waals surface area contributed by atoms with Gasteiger partial charge in [0.25, 0.3) is 6.29 Å². The highest BCUT2D eigenvalue weighted by molar-refractivity contribution is 5.78. The normalized spacial score (nSPS) is 31.4. The number of fused-ring (bicyclic) bond motifs is 3. The molecule has 2 fully saturated rings. The smallest absolute Gasteiger partial charge is 0.312 e. The number of rotatable bonds is 10. The summed E-state index contributed by atoms with van der Waals surface area (Å²) in [5.41, 5.74) is -2.71. The topological polar surface area (TPSA) is 152 Å². The first kappa shape index (κ1) is 32.0. The van der Waals surface area contributed by atoms with Crippen LogP contribution in [0.25, 0.3) is 0 Å². The summed E-state index contributed by atoms with van der Waals surface area (Å²) in [6, 6.07) is 19.1. The molecular formula is C34H38O12. The zero-order valence-corrected chi connectivity index (χ0v) is 26.0. The molecular weight excluding hydrogens is 600 g/mol. The van der Waals surface area contributed by atoms with E-state index < -0.39 is 53.8 Å². The predicted octanol–water partition coefficient (Wildman–Crippen LogP) is 2.60. The number of methoxy groups -OCH3 is 4. The van der Waals surface area contributed by atoms with Gasteiger partial charge >= 0.3 is 5.97 Å². The maximum absolute atomic E-state index is 13.5. The van der Waals surface area contributed by atoms with Crippen LogP contribution in [0.5, 0.6) is 23.0 Å². The minimum absolute atomic E-state index is 0.0948. The Hall–Kier alpha value is -3.91. The minimum Gasteiger partial charge on any atom is -0.497 e. The standard InChI is InChI=1S/C34H38O12/c1-39-21-12-10-20(11-13-21)34-27(19-8-6-5-7-9-19)26(30(37)41-3)29(36)33(34,38)28-24(40-2)16-23(17-25(28)46-34)45-32-31(42-4)43-18-22(44-32)14-15-35/h5-13,16-17,22,26-27,29,31-32,35-36,38H,14-15,18H2,1-4H3/t22-,26+,27+,29+,31+,32?,33-,34-/m0/s1. The van der Waals surface area contributed by atoms with Gasteiger partial charge in [-0.05, 0) is 29.7 Å². The van der Waals surface area contributed by atoms with Gasteiger partial charge in [0.1, 0.15) is 29.1 Å². The van der Waals surface area contributed by atoms with Crippen molar-refractivity contribution in [2.45, 2.75) is 48.3 Å². The fourth-order valence-corrected chi connectivity index (χ4v) is 7.12. The lowest BCUT2D eigenvalue weighted by Crippen LogP contribution is -2.52. The molecule has 246 valence electrons. The Morgan fingerprint density at radius 1 is 0.957 bits per heavy atom. The van der Waals surface area contributed by atoms with Crippen LogP contribution in [-0.2, 0) is 34.9 Å². The molecule has 6 rings (SSSR count). The number of carbonyl (C=O) groups excluding carboxylic acids is 1. The van der Waals surface area contributed by atoms with Crippen molar-refractivity contribution >= 4 is 5.97 Å². The van der Waals surface area contributed by atoms with E-state index >= 15 is 0 Å². The van der Waals surface area contributed by atoms with Gasteiger partial charge in [0.2, 0.25) is 6.29 Å². The van der Waals surface area contributed by atoms with Gasteiger partial charge in [-0.15, -0.1) is 0 Å². The Balaban J connectivity index is 1.53. The largest absolute Gasteiger partial charge is 0.497 e. The Morgan fingerprint density at radius 3 is 2.33 bits per heavy atom. The molecule has 3 aliphatic rings. The molecule has 0 bridgehead atoms. The molecule has 8 atom stereocenters. The van der Waals surface area contributed by atoms with Crippen molar-refractivity contribution in [1.82, 2.24) is 0 Å². The Labute approximate surface area is 266 Å². The number of carbonyl (C=O) groups is 1. The van der Waals surface area contributed by atoms with Crippen molar-refractivity contribution in [3.8, 4) is 23.0 Å². The Morgan fingerprint density at radius 2 is 1.70 bits per heavy atom. The number of benzene rings is 3. The third kappa shape index (κ3) is 4.88. The zero-order valence-electron chi connectivity index (χ0n) is 26.0. The summed E-state index contributed by atoms with van der Waals surface area (Å²) in [5, 5.41) is 34.5. The first-order valence-corrected chi connectivity index (χ1v) is 14.9. The van der Waals surface area contributed by atoms with E-state index in [0.717, 1.165) is 0 Å². The summed E-state index contributed by atoms with van der Waals surface area (Å²) in [6.07, 6.45) is -3.66. The molecule has 1 aliphatic carbocycles. The summed E-state index contributed by atoms with van der Waals surface area (Å²) in [5.74, 6) is -1.77. The monoisotopic (exact) mass is 638 g/mol. The fourth-order valence-electron chi connectivity index (χ4n) is 7.12. The number of hydrogen-bond acceptors (Lipinski definition) is 12. The molecule has 2 aliphatic heterocycles. The van der Waals surface area contributed by atoms with Gasteiger partial charge < -0.3 is 53.2 Å². The number of hydrogen-bond donors (Lipinski definition) is 3. The number of ether oxygens (including phenoxy) is 8. The van der Waals surface area contributed by atoms with Crippen molar-refractivity contribution in [1.29, 1.82) is 0 Å². The highest BCUT2D eigenvalue weighted by Crippen LogP contribution is 2.70. The maximum atomic E-state index is 13.5. The molecule has 12 heteroatoms. The summed E-state index contributed by atoms with van der Waals surface area (Å²) < 4.78 is 46.6. The molecule has 0 aromatic heterocycles. The average Bonchev–Trinajstić information content (AvgIpc) is 3.46. The molecule has 2 heterocycles. The predicted molar refractivity (Wildman–Crippen MR) is 161 cm³/mol. The van der Waals surface area contributed by atoms with E-state index in [2.05, 4.69) is 0 Å². The summed E-state index contributed by atoms with van der Waals surface area (Å²) in [4.78, 5) is 13.5. The van der Waals surface area contributed by atoms with Crippen molar-refractivity contribution in [3.63, 3.8) is 0 Å². The molecule has 0 radical (unpaired) electrons. The lowest BCUT2D eigenvalue weighted by Gasteiger charge is -2.40. The molecule has 3 aromatic rings. The zero-order chi connectivity index (χ0) is 32.6. The van der Waals surface area contributed by atoms with Gasteiger partial charge in [-0.3, -0.25) is 4.79 Å². The van der Waals surface area contributed by atoms with Crippen LogP contribution < -0.4 is 18.9 Å². The molecule has 1 saturated heterocycles. The van der Waals surface area contributed by atoms with Crippen molar-refractivity contribution in [2.75, 3.05) is 41.7 Å². The lowest BCUT2D eigenvalue weighted by molar-refractivity contribution is -0.313. The average molecular weight is 639 g/mol. The van der Waals surface area contributed by atoms with E-state index in [1.807, 2.05) is 30.3 Å². The number of aliphatic hydroxyl groups is 3. The third-order valence-electron chi connectivity index (χ3n) is 9.12. The first-order valence-electron chi connectivity index (χ1n) is 14.9. The lowest BCUT2D eigenvalue weighted by atomic mass is 9.70. The maximum Gasteiger partial charge on any atom is 0.312 e. The molecule has 12 nitrogen and oxygen atoms in total. The Bertz CT molecular complexity index is 1530. The molecule has 1 unspecified atom stereocenters. The van der Waals surface area contributed by atoms with Crippen LogP contribution in [0.2, 0.25) is 0 Å². The number of esters is 1. The van der Waals surface area contributed by atoms with Gasteiger partial charge in [0, 0.05) is 31.8 Å². The van der Waals surface area contributed by atoms with Crippen LogP contribution in [-0.4, -0.2) is 87.7 Å². The van der Waals surface area contributed by atoms with Crippen molar-refractivity contribution in [2.24, 2.45) is 5.92 Å². The highest BCUT2D eigenvalue weighted by atomic mass is 16.8. The summed E-state index contributed by atoms with van der Waals surface area (Å²) in [6.45, 7) is 0.121. The van der Waals surface area contributed by atoms with E-state index in [9.17, 15) is 20.1 Å². The molecule has 0 amide bonds. The van der Waals surface area contributed by atoms with Crippen molar-refractivity contribution < 1.29 is 58.0 Å². The first-order chi connectivity index (χ1) is 22.3. The van der Waals surface area contributed by atoms with E-state index in [4.69, 9.17) is 37.9 Å². The van der Waals surface area contributed by atoms with E-state index in [-0.39, 0.29) is 36.0 Å². The highest BCUT2D eigenvalue weighted by Gasteiger charge is 2.78. The molecule has 0 spiro atoms. The molecule has 3 aromatic carbocycles. The molecule has 1 saturated carbocycles. The quantitative estimate of drug-likeness (QED) is 0.280. The van der Waals surface area contributed by atoms with Crippen molar-refractivity contribution in [3.05, 3.63) is 83.4 Å². The second-order valence-electron chi connectivity index (χ2n) is 11.4. The van der Waals surface area contributed by atoms with Gasteiger partial charge in [-0.1, -0.05) is 42.5 Å². The second-order valence-corrected chi connectivity index (χ2v) is 11.4. The second kappa shape index (κ2) is 12.7. The molecule has 3 N–H and O–H groups in total. The van der Waals surface area contributed by atoms with Gasteiger partial charge in [0.05, 0.1) is 45.5 Å². The van der Waals surface area contributed by atoms with Gasteiger partial charge in [0.15, 0.2) is 11.2 Å². The SMILES string of the molecule is COC(=O)[C@H]1[C@@H](O)[C@@]2(O)c3c(OC)cc(OC4O[C@@H](CCO)CO[C@H]4OC)cc3O[C@@]2(c2ccc(OC)cc2)[C@@H]1c1ccccc1. The van der Waals surface area contributed by atoms with E-state index in [0.29, 0.717) is 23.3 Å². The van der Waals surface area contributed by atoms with Crippen LogP contribution in [0.3, 0.4) is 0 Å². The summed E-state index contributed by atoms with van der Waals surface area (Å²) >= 11 is 0. The number of aliphatic hydroxyl groups excluding tert-OH is 2. The summed E-state index contributed by atoms with van der Waals surface area (Å²) in [7, 11) is 5.66. The van der Waals surface area contributed by atoms with Crippen LogP contribution in [0.1, 0.15) is 29.0 Å². The fraction of sp³-hybridized carbons (Fsp3) is 0.441. The van der Waals surface area contributed by atoms with Crippen LogP contribution in [0.4, 0.5) is 0 Å². The van der Waals surface area contributed by atoms with Crippen LogP contribution in [0, 0.1) is 5.92 Å². The van der Waals surface area contributed by atoms with E-state index in [1.165, 1.54) is 27.4 Å². The third-order valence-corrected chi connectivity index (χ3v) is 9.12. The molecule has 46 heavy (non-hydrogen) atoms. The van der Waals surface area contributed by atoms with Crippen LogP contribution in [0.15, 0.2) is 66.7 Å². The van der Waals surface area contributed by atoms with Gasteiger partial charge in [-0.2, -0.15) is 0 Å². The minimum atomic E-state index is -2.22. The van der Waals surface area contributed by atoms with Gasteiger partial charge in [-0.25, -0.2) is 0 Å². The van der Waals surface area contributed by atoms with Crippen LogP contribution >= 0.6 is 0 Å². The Kier molecular flexibility index (Phi) is 8.85.